The number of benzene rings is 1. The van der Waals surface area contributed by atoms with Crippen LogP contribution in [-0.2, 0) is 11.3 Å². The Morgan fingerprint density at radius 1 is 1.32 bits per heavy atom. The molecule has 1 amide bonds. The highest BCUT2D eigenvalue weighted by molar-refractivity contribution is 5.94. The molecule has 1 aromatic rings. The zero-order valence-corrected chi connectivity index (χ0v) is 11.3. The van der Waals surface area contributed by atoms with Gasteiger partial charge >= 0.3 is 0 Å². The van der Waals surface area contributed by atoms with Gasteiger partial charge < -0.3 is 15.2 Å². The Morgan fingerprint density at radius 3 is 2.63 bits per heavy atom. The molecule has 1 aliphatic rings. The lowest BCUT2D eigenvalue weighted by Gasteiger charge is -2.28. The van der Waals surface area contributed by atoms with Crippen LogP contribution in [0, 0.1) is 0 Å². The summed E-state index contributed by atoms with van der Waals surface area (Å²) >= 11 is 0. The van der Waals surface area contributed by atoms with E-state index in [0.717, 1.165) is 31.2 Å². The van der Waals surface area contributed by atoms with Crippen molar-refractivity contribution in [1.29, 1.82) is 0 Å². The molecule has 1 fully saturated rings. The zero-order valence-electron chi connectivity index (χ0n) is 11.3. The third kappa shape index (κ3) is 3.78. The van der Waals surface area contributed by atoms with Gasteiger partial charge in [-0.25, -0.2) is 0 Å². The molecule has 1 saturated carbocycles. The summed E-state index contributed by atoms with van der Waals surface area (Å²) < 4.78 is 5.03. The summed E-state index contributed by atoms with van der Waals surface area (Å²) in [5, 5.41) is 12.8. The Labute approximate surface area is 113 Å². The first kappa shape index (κ1) is 14.0. The van der Waals surface area contributed by atoms with Crippen molar-refractivity contribution < 1.29 is 14.6 Å². The molecule has 0 spiro atoms. The van der Waals surface area contributed by atoms with Crippen molar-refractivity contribution in [2.45, 2.75) is 44.4 Å². The van der Waals surface area contributed by atoms with E-state index in [-0.39, 0.29) is 11.9 Å². The van der Waals surface area contributed by atoms with Gasteiger partial charge in [0.15, 0.2) is 0 Å². The predicted octanol–water partition coefficient (Wildman–Crippen LogP) is 1.87. The standard InChI is InChI=1S/C15H21NO3/c1-19-10-11-6-8-12(9-7-11)15(18)16-13-4-2-3-5-14(13)17/h6-9,13-14,17H,2-5,10H2,1H3,(H,16,18)/t13-,14-/m0/s1. The number of aliphatic hydroxyl groups is 1. The molecule has 0 aromatic heterocycles. The number of aliphatic hydroxyl groups excluding tert-OH is 1. The van der Waals surface area contributed by atoms with Gasteiger partial charge in [0.05, 0.1) is 18.8 Å². The normalized spacial score (nSPS) is 23.1. The number of hydrogen-bond acceptors (Lipinski definition) is 3. The van der Waals surface area contributed by atoms with Crippen LogP contribution in [-0.4, -0.2) is 30.3 Å². The molecule has 104 valence electrons. The lowest BCUT2D eigenvalue weighted by atomic mass is 9.92. The van der Waals surface area contributed by atoms with Crippen LogP contribution >= 0.6 is 0 Å². The summed E-state index contributed by atoms with van der Waals surface area (Å²) in [5.41, 5.74) is 1.66. The Bertz CT molecular complexity index is 416. The molecule has 4 heteroatoms. The number of methoxy groups -OCH3 is 1. The molecule has 0 radical (unpaired) electrons. The number of carbonyl (C=O) groups is 1. The minimum absolute atomic E-state index is 0.111. The number of nitrogens with one attached hydrogen (secondary N) is 1. The van der Waals surface area contributed by atoms with Crippen molar-refractivity contribution in [2.75, 3.05) is 7.11 Å². The minimum atomic E-state index is -0.412. The van der Waals surface area contributed by atoms with Gasteiger partial charge in [0.2, 0.25) is 0 Å². The van der Waals surface area contributed by atoms with E-state index in [2.05, 4.69) is 5.32 Å². The summed E-state index contributed by atoms with van der Waals surface area (Å²) in [6, 6.07) is 7.24. The predicted molar refractivity (Wildman–Crippen MR) is 72.9 cm³/mol. The molecule has 0 aliphatic heterocycles. The van der Waals surface area contributed by atoms with Gasteiger partial charge in [0.1, 0.15) is 0 Å². The third-order valence-electron chi connectivity index (χ3n) is 3.57. The number of ether oxygens (including phenoxy) is 1. The molecule has 2 rings (SSSR count). The van der Waals surface area contributed by atoms with E-state index >= 15 is 0 Å². The number of hydrogen-bond donors (Lipinski definition) is 2. The summed E-state index contributed by atoms with van der Waals surface area (Å²) in [5.74, 6) is -0.116. The Hall–Kier alpha value is -1.39. The van der Waals surface area contributed by atoms with Crippen LogP contribution in [0.2, 0.25) is 0 Å². The molecule has 19 heavy (non-hydrogen) atoms. The van der Waals surface area contributed by atoms with E-state index in [9.17, 15) is 9.90 Å². The van der Waals surface area contributed by atoms with Crippen LogP contribution < -0.4 is 5.32 Å². The molecule has 2 N–H and O–H groups in total. The number of rotatable bonds is 4. The molecule has 1 aliphatic carbocycles. The van der Waals surface area contributed by atoms with Crippen LogP contribution in [0.3, 0.4) is 0 Å². The minimum Gasteiger partial charge on any atom is -0.391 e. The van der Waals surface area contributed by atoms with Crippen LogP contribution in [0.4, 0.5) is 0 Å². The van der Waals surface area contributed by atoms with Crippen molar-refractivity contribution in [3.05, 3.63) is 35.4 Å². The van der Waals surface area contributed by atoms with Crippen molar-refractivity contribution >= 4 is 5.91 Å². The molecule has 0 bridgehead atoms. The van der Waals surface area contributed by atoms with E-state index in [1.165, 1.54) is 0 Å². The molecule has 2 atom stereocenters. The van der Waals surface area contributed by atoms with Crippen molar-refractivity contribution in [3.63, 3.8) is 0 Å². The second-order valence-electron chi connectivity index (χ2n) is 5.06. The quantitative estimate of drug-likeness (QED) is 0.872. The highest BCUT2D eigenvalue weighted by atomic mass is 16.5. The van der Waals surface area contributed by atoms with E-state index in [4.69, 9.17) is 4.74 Å². The lowest BCUT2D eigenvalue weighted by Crippen LogP contribution is -2.45. The fourth-order valence-electron chi connectivity index (χ4n) is 2.45. The summed E-state index contributed by atoms with van der Waals surface area (Å²) in [6.07, 6.45) is 3.32. The molecule has 0 saturated heterocycles. The van der Waals surface area contributed by atoms with Gasteiger partial charge in [-0.15, -0.1) is 0 Å². The topological polar surface area (TPSA) is 58.6 Å². The Balaban J connectivity index is 1.95. The van der Waals surface area contributed by atoms with Gasteiger partial charge in [0.25, 0.3) is 5.91 Å². The van der Waals surface area contributed by atoms with Gasteiger partial charge in [-0.05, 0) is 30.5 Å². The van der Waals surface area contributed by atoms with Crippen LogP contribution in [0.1, 0.15) is 41.6 Å². The smallest absolute Gasteiger partial charge is 0.251 e. The van der Waals surface area contributed by atoms with Crippen molar-refractivity contribution in [1.82, 2.24) is 5.32 Å². The highest BCUT2D eigenvalue weighted by Crippen LogP contribution is 2.18. The molecule has 0 heterocycles. The van der Waals surface area contributed by atoms with Crippen LogP contribution in [0.5, 0.6) is 0 Å². The Morgan fingerprint density at radius 2 is 2.00 bits per heavy atom. The average molecular weight is 263 g/mol. The van der Waals surface area contributed by atoms with Crippen molar-refractivity contribution in [3.8, 4) is 0 Å². The fourth-order valence-corrected chi connectivity index (χ4v) is 2.45. The van der Waals surface area contributed by atoms with E-state index in [1.54, 1.807) is 19.2 Å². The van der Waals surface area contributed by atoms with E-state index in [0.29, 0.717) is 12.2 Å². The average Bonchev–Trinajstić information content (AvgIpc) is 2.42. The zero-order chi connectivity index (χ0) is 13.7. The molecule has 4 nitrogen and oxygen atoms in total. The molecular formula is C15H21NO3. The van der Waals surface area contributed by atoms with Gasteiger partial charge in [0, 0.05) is 12.7 Å². The second-order valence-corrected chi connectivity index (χ2v) is 5.06. The second kappa shape index (κ2) is 6.68. The van der Waals surface area contributed by atoms with Gasteiger partial charge in [-0.1, -0.05) is 25.0 Å². The molecule has 0 unspecified atom stereocenters. The highest BCUT2D eigenvalue weighted by Gasteiger charge is 2.24. The monoisotopic (exact) mass is 263 g/mol. The number of carbonyl (C=O) groups excluding carboxylic acids is 1. The first-order valence-corrected chi connectivity index (χ1v) is 6.77. The fraction of sp³-hybridized carbons (Fsp3) is 0.533. The summed E-state index contributed by atoms with van der Waals surface area (Å²) in [7, 11) is 1.64. The molecule has 1 aromatic carbocycles. The Kier molecular flexibility index (Phi) is 4.93. The van der Waals surface area contributed by atoms with Crippen molar-refractivity contribution in [2.24, 2.45) is 0 Å². The lowest BCUT2D eigenvalue weighted by molar-refractivity contribution is 0.0717. The van der Waals surface area contributed by atoms with Gasteiger partial charge in [-0.3, -0.25) is 4.79 Å². The third-order valence-corrected chi connectivity index (χ3v) is 3.57. The first-order valence-electron chi connectivity index (χ1n) is 6.77. The van der Waals surface area contributed by atoms with Crippen LogP contribution in [0.15, 0.2) is 24.3 Å². The van der Waals surface area contributed by atoms with E-state index < -0.39 is 6.10 Å². The van der Waals surface area contributed by atoms with E-state index in [1.807, 2.05) is 12.1 Å². The largest absolute Gasteiger partial charge is 0.391 e. The van der Waals surface area contributed by atoms with Crippen LogP contribution in [0.25, 0.3) is 0 Å². The maximum atomic E-state index is 12.1. The maximum Gasteiger partial charge on any atom is 0.251 e. The number of amides is 1. The van der Waals surface area contributed by atoms with Gasteiger partial charge in [-0.2, -0.15) is 0 Å². The maximum absolute atomic E-state index is 12.1. The summed E-state index contributed by atoms with van der Waals surface area (Å²) in [6.45, 7) is 0.545. The first-order chi connectivity index (χ1) is 9.20. The SMILES string of the molecule is COCc1ccc(C(=O)N[C@H]2CCCC[C@@H]2O)cc1. The molecular weight excluding hydrogens is 242 g/mol. The summed E-state index contributed by atoms with van der Waals surface area (Å²) in [4.78, 5) is 12.1.